The van der Waals surface area contributed by atoms with E-state index in [-0.39, 0.29) is 23.8 Å². The molecule has 0 unspecified atom stereocenters. The van der Waals surface area contributed by atoms with Gasteiger partial charge >= 0.3 is 0 Å². The van der Waals surface area contributed by atoms with Gasteiger partial charge in [-0.25, -0.2) is 8.42 Å². The minimum absolute atomic E-state index is 0.0763. The van der Waals surface area contributed by atoms with Gasteiger partial charge in [0.2, 0.25) is 5.91 Å². The van der Waals surface area contributed by atoms with Crippen LogP contribution in [-0.2, 0) is 19.4 Å². The summed E-state index contributed by atoms with van der Waals surface area (Å²) in [6, 6.07) is 9.93. The summed E-state index contributed by atoms with van der Waals surface area (Å²) < 4.78 is 37.0. The van der Waals surface area contributed by atoms with E-state index < -0.39 is 21.0 Å². The highest BCUT2D eigenvalue weighted by Crippen LogP contribution is 2.34. The number of fused-ring (bicyclic) bond motifs is 1. The summed E-state index contributed by atoms with van der Waals surface area (Å²) in [6.45, 7) is 5.23. The van der Waals surface area contributed by atoms with Gasteiger partial charge in [-0.2, -0.15) is 0 Å². The predicted octanol–water partition coefficient (Wildman–Crippen LogP) is 2.92. The van der Waals surface area contributed by atoms with Gasteiger partial charge in [-0.1, -0.05) is 12.1 Å². The fraction of sp³-hybridized carbons (Fsp3) is 0.333. The van der Waals surface area contributed by atoms with E-state index in [0.29, 0.717) is 35.0 Å². The molecular weight excluding hydrogens is 408 g/mol. The number of amides is 2. The van der Waals surface area contributed by atoms with E-state index in [1.54, 1.807) is 37.3 Å². The molecule has 0 saturated heterocycles. The van der Waals surface area contributed by atoms with Crippen molar-refractivity contribution in [3.8, 4) is 11.5 Å². The van der Waals surface area contributed by atoms with Crippen molar-refractivity contribution in [2.45, 2.75) is 37.3 Å². The molecule has 2 aromatic carbocycles. The molecule has 0 radical (unpaired) electrons. The Balaban J connectivity index is 1.77. The average Bonchev–Trinajstić information content (AvgIpc) is 2.68. The zero-order chi connectivity index (χ0) is 21.9. The first-order valence-electron chi connectivity index (χ1n) is 9.55. The van der Waals surface area contributed by atoms with Crippen LogP contribution in [-0.4, -0.2) is 38.7 Å². The lowest BCUT2D eigenvalue weighted by molar-refractivity contribution is -0.118. The van der Waals surface area contributed by atoms with E-state index in [4.69, 9.17) is 9.47 Å². The summed E-state index contributed by atoms with van der Waals surface area (Å²) in [5, 5.41) is 4.40. The van der Waals surface area contributed by atoms with E-state index in [1.165, 1.54) is 13.0 Å². The van der Waals surface area contributed by atoms with E-state index in [0.717, 1.165) is 0 Å². The summed E-state index contributed by atoms with van der Waals surface area (Å²) >= 11 is 0. The second kappa shape index (κ2) is 8.74. The fourth-order valence-electron chi connectivity index (χ4n) is 3.16. The van der Waals surface area contributed by atoms with Gasteiger partial charge in [0.1, 0.15) is 11.5 Å². The van der Waals surface area contributed by atoms with Crippen LogP contribution in [0.1, 0.15) is 25.8 Å². The van der Waals surface area contributed by atoms with Crippen molar-refractivity contribution in [1.29, 1.82) is 0 Å². The van der Waals surface area contributed by atoms with Crippen molar-refractivity contribution < 1.29 is 27.5 Å². The molecule has 1 aliphatic rings. The molecule has 1 heterocycles. The molecule has 2 aromatic rings. The molecule has 1 atom stereocenters. The SMILES string of the molecule is CCOc1ccccc1NC(=O)C[C@@H](C)S(=O)(=O)c1cc2c(cc1C)NC(=O)CO2. The van der Waals surface area contributed by atoms with E-state index in [2.05, 4.69) is 10.6 Å². The fourth-order valence-corrected chi connectivity index (χ4v) is 4.75. The number of sulfone groups is 1. The molecule has 160 valence electrons. The van der Waals surface area contributed by atoms with Crippen molar-refractivity contribution in [3.05, 3.63) is 42.0 Å². The van der Waals surface area contributed by atoms with Crippen LogP contribution < -0.4 is 20.1 Å². The number of anilines is 2. The number of rotatable bonds is 7. The highest BCUT2D eigenvalue weighted by atomic mass is 32.2. The van der Waals surface area contributed by atoms with Crippen molar-refractivity contribution in [1.82, 2.24) is 0 Å². The topological polar surface area (TPSA) is 111 Å². The number of benzene rings is 2. The lowest BCUT2D eigenvalue weighted by Gasteiger charge is -2.21. The number of nitrogens with one attached hydrogen (secondary N) is 2. The van der Waals surface area contributed by atoms with Crippen LogP contribution in [0.15, 0.2) is 41.3 Å². The summed E-state index contributed by atoms with van der Waals surface area (Å²) in [7, 11) is -3.81. The summed E-state index contributed by atoms with van der Waals surface area (Å²) in [4.78, 5) is 24.0. The summed E-state index contributed by atoms with van der Waals surface area (Å²) in [5.41, 5.74) is 1.39. The molecule has 30 heavy (non-hydrogen) atoms. The van der Waals surface area contributed by atoms with Crippen LogP contribution in [0, 0.1) is 6.92 Å². The molecule has 8 nitrogen and oxygen atoms in total. The smallest absolute Gasteiger partial charge is 0.262 e. The third kappa shape index (κ3) is 4.56. The van der Waals surface area contributed by atoms with Gasteiger partial charge < -0.3 is 20.1 Å². The predicted molar refractivity (Wildman–Crippen MR) is 113 cm³/mol. The molecule has 1 aliphatic heterocycles. The van der Waals surface area contributed by atoms with Gasteiger partial charge in [0, 0.05) is 12.5 Å². The minimum atomic E-state index is -3.81. The first-order chi connectivity index (χ1) is 14.2. The number of para-hydroxylation sites is 2. The normalized spacial score (nSPS) is 14.2. The van der Waals surface area contributed by atoms with Gasteiger partial charge in [-0.15, -0.1) is 0 Å². The average molecular weight is 432 g/mol. The molecule has 2 amide bonds. The molecular formula is C21H24N2O6S. The maximum atomic E-state index is 13.1. The molecule has 0 spiro atoms. The van der Waals surface area contributed by atoms with Crippen LogP contribution >= 0.6 is 0 Å². The number of carbonyl (C=O) groups is 2. The van der Waals surface area contributed by atoms with Crippen LogP contribution in [0.2, 0.25) is 0 Å². The van der Waals surface area contributed by atoms with Gasteiger partial charge in [0.05, 0.1) is 28.1 Å². The Kier molecular flexibility index (Phi) is 6.31. The lowest BCUT2D eigenvalue weighted by atomic mass is 10.2. The molecule has 0 fully saturated rings. The summed E-state index contributed by atoms with van der Waals surface area (Å²) in [6.07, 6.45) is -0.225. The van der Waals surface area contributed by atoms with Crippen LogP contribution in [0.3, 0.4) is 0 Å². The van der Waals surface area contributed by atoms with Crippen molar-refractivity contribution >= 4 is 33.0 Å². The number of ether oxygens (including phenoxy) is 2. The Hall–Kier alpha value is -3.07. The quantitative estimate of drug-likeness (QED) is 0.696. The Morgan fingerprint density at radius 2 is 2.03 bits per heavy atom. The Morgan fingerprint density at radius 3 is 2.77 bits per heavy atom. The van der Waals surface area contributed by atoms with Gasteiger partial charge in [-0.3, -0.25) is 9.59 Å². The maximum absolute atomic E-state index is 13.1. The second-order valence-electron chi connectivity index (χ2n) is 6.99. The van der Waals surface area contributed by atoms with Crippen molar-refractivity contribution in [2.24, 2.45) is 0 Å². The standard InChI is InChI=1S/C21H24N2O6S/c1-4-28-17-8-6-5-7-15(17)22-20(24)10-14(3)30(26,27)19-11-18-16(9-13(19)2)23-21(25)12-29-18/h5-9,11,14H,4,10,12H2,1-3H3,(H,22,24)(H,23,25)/t14-/m1/s1. The van der Waals surface area contributed by atoms with Crippen LogP contribution in [0.25, 0.3) is 0 Å². The number of aryl methyl sites for hydroxylation is 1. The lowest BCUT2D eigenvalue weighted by Crippen LogP contribution is -2.27. The highest BCUT2D eigenvalue weighted by Gasteiger charge is 2.30. The van der Waals surface area contributed by atoms with Gasteiger partial charge in [-0.05, 0) is 44.5 Å². The molecule has 0 bridgehead atoms. The molecule has 0 aliphatic carbocycles. The van der Waals surface area contributed by atoms with Crippen LogP contribution in [0.5, 0.6) is 11.5 Å². The number of hydrogen-bond donors (Lipinski definition) is 2. The molecule has 0 saturated carbocycles. The highest BCUT2D eigenvalue weighted by molar-refractivity contribution is 7.92. The van der Waals surface area contributed by atoms with Gasteiger partial charge in [0.15, 0.2) is 16.4 Å². The first-order valence-corrected chi connectivity index (χ1v) is 11.1. The third-order valence-corrected chi connectivity index (χ3v) is 6.96. The van der Waals surface area contributed by atoms with E-state index >= 15 is 0 Å². The van der Waals surface area contributed by atoms with E-state index in [9.17, 15) is 18.0 Å². The van der Waals surface area contributed by atoms with Crippen molar-refractivity contribution in [2.75, 3.05) is 23.8 Å². The second-order valence-corrected chi connectivity index (χ2v) is 9.32. The number of carbonyl (C=O) groups excluding carboxylic acids is 2. The first kappa shape index (κ1) is 21.6. The minimum Gasteiger partial charge on any atom is -0.492 e. The monoisotopic (exact) mass is 432 g/mol. The zero-order valence-corrected chi connectivity index (χ0v) is 17.8. The van der Waals surface area contributed by atoms with Crippen molar-refractivity contribution in [3.63, 3.8) is 0 Å². The molecule has 0 aromatic heterocycles. The molecule has 3 rings (SSSR count). The third-order valence-electron chi connectivity index (χ3n) is 4.68. The molecule has 2 N–H and O–H groups in total. The van der Waals surface area contributed by atoms with E-state index in [1.807, 2.05) is 6.92 Å². The summed E-state index contributed by atoms with van der Waals surface area (Å²) in [5.74, 6) is 0.0851. The zero-order valence-electron chi connectivity index (χ0n) is 17.0. The molecule has 9 heteroatoms. The number of hydrogen-bond acceptors (Lipinski definition) is 6. The Morgan fingerprint density at radius 1 is 1.30 bits per heavy atom. The maximum Gasteiger partial charge on any atom is 0.262 e. The Bertz CT molecular complexity index is 1080. The Labute approximate surface area is 175 Å². The van der Waals surface area contributed by atoms with Crippen LogP contribution in [0.4, 0.5) is 11.4 Å². The largest absolute Gasteiger partial charge is 0.492 e. The van der Waals surface area contributed by atoms with Gasteiger partial charge in [0.25, 0.3) is 5.91 Å².